The molecule has 2 unspecified atom stereocenters. The van der Waals surface area contributed by atoms with Gasteiger partial charge in [-0.1, -0.05) is 0 Å². The first-order chi connectivity index (χ1) is 9.13. The average Bonchev–Trinajstić information content (AvgIpc) is 3.08. The van der Waals surface area contributed by atoms with Crippen molar-refractivity contribution >= 4 is 24.2 Å². The van der Waals surface area contributed by atoms with E-state index in [1.165, 1.54) is 12.5 Å². The van der Waals surface area contributed by atoms with Gasteiger partial charge in [-0.25, -0.2) is 0 Å². The molecule has 1 saturated heterocycles. The predicted octanol–water partition coefficient (Wildman–Crippen LogP) is 0.769. The number of carbonyl (C=O) groups excluding carboxylic acids is 2. The van der Waals surface area contributed by atoms with E-state index in [2.05, 4.69) is 5.32 Å². The Hall–Kier alpha value is -1.53. The quantitative estimate of drug-likeness (QED) is 0.860. The number of rotatable bonds is 4. The van der Waals surface area contributed by atoms with Gasteiger partial charge in [0.25, 0.3) is 5.91 Å². The lowest BCUT2D eigenvalue weighted by molar-refractivity contribution is -0.133. The van der Waals surface area contributed by atoms with E-state index in [1.54, 1.807) is 17.9 Å². The maximum absolute atomic E-state index is 12.3. The van der Waals surface area contributed by atoms with Crippen molar-refractivity contribution in [1.82, 2.24) is 10.2 Å². The van der Waals surface area contributed by atoms with Crippen LogP contribution in [0, 0.1) is 0 Å². The Kier molecular flexibility index (Phi) is 6.04. The molecule has 2 amide bonds. The van der Waals surface area contributed by atoms with Crippen molar-refractivity contribution in [3.63, 3.8) is 0 Å². The van der Waals surface area contributed by atoms with Crippen LogP contribution >= 0.6 is 12.4 Å². The maximum Gasteiger partial charge on any atom is 0.255 e. The van der Waals surface area contributed by atoms with Crippen LogP contribution in [0.3, 0.4) is 0 Å². The molecule has 1 aliphatic heterocycles. The zero-order valence-electron chi connectivity index (χ0n) is 11.4. The van der Waals surface area contributed by atoms with Crippen LogP contribution in [0.1, 0.15) is 30.1 Å². The van der Waals surface area contributed by atoms with Gasteiger partial charge in [0.15, 0.2) is 0 Å². The normalized spacial score (nSPS) is 19.3. The number of carbonyl (C=O) groups is 2. The number of hydrogen-bond donors (Lipinski definition) is 2. The molecule has 2 atom stereocenters. The van der Waals surface area contributed by atoms with Gasteiger partial charge in [-0.05, 0) is 25.8 Å². The van der Waals surface area contributed by atoms with Crippen molar-refractivity contribution < 1.29 is 14.0 Å². The molecule has 1 aliphatic rings. The maximum atomic E-state index is 12.3. The van der Waals surface area contributed by atoms with Crippen molar-refractivity contribution in [2.75, 3.05) is 13.1 Å². The number of hydrogen-bond acceptors (Lipinski definition) is 4. The van der Waals surface area contributed by atoms with Crippen LogP contribution in [0.4, 0.5) is 0 Å². The largest absolute Gasteiger partial charge is 0.472 e. The van der Waals surface area contributed by atoms with Crippen molar-refractivity contribution in [3.05, 3.63) is 24.2 Å². The lowest BCUT2D eigenvalue weighted by atomic mass is 10.2. The molecule has 0 saturated carbocycles. The SMILES string of the molecule is CC(NC(=O)c1ccoc1)C(=O)N1CCCC1CN.Cl. The van der Waals surface area contributed by atoms with Gasteiger partial charge in [0.1, 0.15) is 12.3 Å². The Morgan fingerprint density at radius 3 is 2.95 bits per heavy atom. The molecule has 2 heterocycles. The highest BCUT2D eigenvalue weighted by molar-refractivity contribution is 5.97. The van der Waals surface area contributed by atoms with E-state index in [0.717, 1.165) is 12.8 Å². The average molecular weight is 302 g/mol. The minimum atomic E-state index is -0.561. The highest BCUT2D eigenvalue weighted by Crippen LogP contribution is 2.17. The van der Waals surface area contributed by atoms with Gasteiger partial charge < -0.3 is 20.4 Å². The fourth-order valence-electron chi connectivity index (χ4n) is 2.36. The number of amides is 2. The molecule has 2 rings (SSSR count). The third-order valence-electron chi connectivity index (χ3n) is 3.43. The molecule has 3 N–H and O–H groups in total. The second-order valence-electron chi connectivity index (χ2n) is 4.77. The zero-order valence-corrected chi connectivity index (χ0v) is 12.2. The number of nitrogens with one attached hydrogen (secondary N) is 1. The van der Waals surface area contributed by atoms with E-state index in [9.17, 15) is 9.59 Å². The Labute approximate surface area is 124 Å². The Bertz CT molecular complexity index is 450. The highest BCUT2D eigenvalue weighted by atomic mass is 35.5. The minimum Gasteiger partial charge on any atom is -0.472 e. The summed E-state index contributed by atoms with van der Waals surface area (Å²) in [6.07, 6.45) is 4.68. The lowest BCUT2D eigenvalue weighted by Crippen LogP contribution is -2.50. The van der Waals surface area contributed by atoms with Crippen LogP contribution in [-0.2, 0) is 4.79 Å². The molecular weight excluding hydrogens is 282 g/mol. The molecule has 0 spiro atoms. The summed E-state index contributed by atoms with van der Waals surface area (Å²) in [5.41, 5.74) is 6.06. The van der Waals surface area contributed by atoms with Gasteiger partial charge in [0.05, 0.1) is 11.8 Å². The fourth-order valence-corrected chi connectivity index (χ4v) is 2.36. The van der Waals surface area contributed by atoms with Crippen LogP contribution < -0.4 is 11.1 Å². The van der Waals surface area contributed by atoms with Gasteiger partial charge in [0, 0.05) is 19.1 Å². The van der Waals surface area contributed by atoms with Gasteiger partial charge in [-0.15, -0.1) is 12.4 Å². The first kappa shape index (κ1) is 16.5. The molecule has 0 aliphatic carbocycles. The summed E-state index contributed by atoms with van der Waals surface area (Å²) in [6, 6.07) is 1.10. The molecular formula is C13H20ClN3O3. The standard InChI is InChI=1S/C13H19N3O3.ClH/c1-9(15-12(17)10-4-6-19-8-10)13(18)16-5-2-3-11(16)7-14;/h4,6,8-9,11H,2-3,5,7,14H2,1H3,(H,15,17);1H. The summed E-state index contributed by atoms with van der Waals surface area (Å²) in [6.45, 7) is 2.87. The van der Waals surface area contributed by atoms with Gasteiger partial charge in [-0.3, -0.25) is 9.59 Å². The molecule has 6 nitrogen and oxygen atoms in total. The van der Waals surface area contributed by atoms with Gasteiger partial charge in [-0.2, -0.15) is 0 Å². The van der Waals surface area contributed by atoms with Crippen LogP contribution in [0.5, 0.6) is 0 Å². The molecule has 1 fully saturated rings. The number of halogens is 1. The first-order valence-electron chi connectivity index (χ1n) is 6.47. The molecule has 0 aromatic carbocycles. The van der Waals surface area contributed by atoms with Crippen LogP contribution in [-0.4, -0.2) is 41.9 Å². The number of likely N-dealkylation sites (tertiary alicyclic amines) is 1. The minimum absolute atomic E-state index is 0. The Balaban J connectivity index is 0.00000200. The van der Waals surface area contributed by atoms with Crippen molar-refractivity contribution in [2.24, 2.45) is 5.73 Å². The smallest absolute Gasteiger partial charge is 0.255 e. The monoisotopic (exact) mass is 301 g/mol. The van der Waals surface area contributed by atoms with E-state index < -0.39 is 6.04 Å². The van der Waals surface area contributed by atoms with Crippen molar-refractivity contribution in [3.8, 4) is 0 Å². The third-order valence-corrected chi connectivity index (χ3v) is 3.43. The number of nitrogens with zero attached hydrogens (tertiary/aromatic N) is 1. The number of nitrogens with two attached hydrogens (primary N) is 1. The van der Waals surface area contributed by atoms with Gasteiger partial charge >= 0.3 is 0 Å². The summed E-state index contributed by atoms with van der Waals surface area (Å²) in [5, 5.41) is 2.67. The van der Waals surface area contributed by atoms with Crippen molar-refractivity contribution in [1.29, 1.82) is 0 Å². The van der Waals surface area contributed by atoms with Crippen LogP contribution in [0.15, 0.2) is 23.0 Å². The molecule has 112 valence electrons. The molecule has 7 heteroatoms. The van der Waals surface area contributed by atoms with E-state index in [-0.39, 0.29) is 30.3 Å². The van der Waals surface area contributed by atoms with Gasteiger partial charge in [0.2, 0.25) is 5.91 Å². The topological polar surface area (TPSA) is 88.6 Å². The lowest BCUT2D eigenvalue weighted by Gasteiger charge is -2.26. The summed E-state index contributed by atoms with van der Waals surface area (Å²) < 4.78 is 4.84. The van der Waals surface area contributed by atoms with E-state index in [0.29, 0.717) is 18.7 Å². The van der Waals surface area contributed by atoms with E-state index in [4.69, 9.17) is 10.2 Å². The Morgan fingerprint density at radius 2 is 2.35 bits per heavy atom. The number of furan rings is 1. The van der Waals surface area contributed by atoms with Crippen LogP contribution in [0.25, 0.3) is 0 Å². The summed E-state index contributed by atoms with van der Waals surface area (Å²) in [4.78, 5) is 25.8. The molecule has 0 bridgehead atoms. The molecule has 0 radical (unpaired) electrons. The molecule has 20 heavy (non-hydrogen) atoms. The van der Waals surface area contributed by atoms with E-state index in [1.807, 2.05) is 0 Å². The molecule has 1 aromatic rings. The third kappa shape index (κ3) is 3.52. The zero-order chi connectivity index (χ0) is 13.8. The summed E-state index contributed by atoms with van der Waals surface area (Å²) in [7, 11) is 0. The highest BCUT2D eigenvalue weighted by Gasteiger charge is 2.31. The molecule has 1 aromatic heterocycles. The predicted molar refractivity (Wildman–Crippen MR) is 76.7 cm³/mol. The first-order valence-corrected chi connectivity index (χ1v) is 6.47. The summed E-state index contributed by atoms with van der Waals surface area (Å²) >= 11 is 0. The van der Waals surface area contributed by atoms with Crippen molar-refractivity contribution in [2.45, 2.75) is 31.8 Å². The van der Waals surface area contributed by atoms with Crippen LogP contribution in [0.2, 0.25) is 0 Å². The second-order valence-corrected chi connectivity index (χ2v) is 4.77. The second kappa shape index (κ2) is 7.31. The van der Waals surface area contributed by atoms with E-state index >= 15 is 0 Å². The fraction of sp³-hybridized carbons (Fsp3) is 0.538. The summed E-state index contributed by atoms with van der Waals surface area (Å²) in [5.74, 6) is -0.386. The Morgan fingerprint density at radius 1 is 1.60 bits per heavy atom.